The molecule has 0 saturated carbocycles. The molecule has 0 aliphatic rings. The van der Waals surface area contributed by atoms with Gasteiger partial charge in [-0.2, -0.15) is 0 Å². The molecule has 3 heteroatoms. The molecule has 1 aromatic rings. The predicted molar refractivity (Wildman–Crippen MR) is 67.3 cm³/mol. The molecule has 0 fully saturated rings. The van der Waals surface area contributed by atoms with Crippen molar-refractivity contribution in [2.45, 2.75) is 39.2 Å². The number of carbonyl (C=O) groups is 1. The Bertz CT molecular complexity index is 332. The van der Waals surface area contributed by atoms with Crippen molar-refractivity contribution in [2.75, 3.05) is 5.32 Å². The highest BCUT2D eigenvalue weighted by Crippen LogP contribution is 2.09. The second-order valence-corrected chi connectivity index (χ2v) is 4.10. The average Bonchev–Trinajstić information content (AvgIpc) is 2.29. The van der Waals surface area contributed by atoms with Gasteiger partial charge >= 0.3 is 0 Å². The molecule has 16 heavy (non-hydrogen) atoms. The Morgan fingerprint density at radius 3 is 2.56 bits per heavy atom. The van der Waals surface area contributed by atoms with Crippen molar-refractivity contribution in [3.8, 4) is 0 Å². The van der Waals surface area contributed by atoms with E-state index in [0.717, 1.165) is 24.9 Å². The number of hydrogen-bond donors (Lipinski definition) is 2. The molecule has 1 rings (SSSR count). The zero-order valence-electron chi connectivity index (χ0n) is 9.99. The van der Waals surface area contributed by atoms with Gasteiger partial charge in [-0.3, -0.25) is 4.79 Å². The summed E-state index contributed by atoms with van der Waals surface area (Å²) in [6.07, 6.45) is 2.79. The third kappa shape index (κ3) is 4.03. The van der Waals surface area contributed by atoms with Crippen LogP contribution in [0.4, 0.5) is 5.69 Å². The van der Waals surface area contributed by atoms with Crippen LogP contribution in [0.25, 0.3) is 0 Å². The van der Waals surface area contributed by atoms with E-state index in [2.05, 4.69) is 12.2 Å². The molecule has 0 spiro atoms. The molecule has 0 saturated heterocycles. The third-order valence-corrected chi connectivity index (χ3v) is 2.52. The minimum atomic E-state index is -0.402. The van der Waals surface area contributed by atoms with Crippen LogP contribution in [0.15, 0.2) is 24.3 Å². The fourth-order valence-electron chi connectivity index (χ4n) is 1.43. The van der Waals surface area contributed by atoms with Crippen molar-refractivity contribution in [3.05, 3.63) is 29.8 Å². The van der Waals surface area contributed by atoms with Gasteiger partial charge in [0.15, 0.2) is 0 Å². The lowest BCUT2D eigenvalue weighted by atomic mass is 10.1. The second kappa shape index (κ2) is 6.28. The van der Waals surface area contributed by atoms with Crippen LogP contribution in [0.3, 0.4) is 0 Å². The lowest BCUT2D eigenvalue weighted by Gasteiger charge is -2.11. The first kappa shape index (κ1) is 12.7. The number of nitrogens with two attached hydrogens (primary N) is 1. The Balaban J connectivity index is 2.47. The van der Waals surface area contributed by atoms with E-state index in [4.69, 9.17) is 5.73 Å². The quantitative estimate of drug-likeness (QED) is 0.800. The number of rotatable bonds is 5. The lowest BCUT2D eigenvalue weighted by Crippen LogP contribution is -2.35. The number of aryl methyl sites for hydroxylation is 1. The zero-order chi connectivity index (χ0) is 12.0. The number of carbonyl (C=O) groups excluding carboxylic acids is 1. The Morgan fingerprint density at radius 1 is 1.38 bits per heavy atom. The fraction of sp³-hybridized carbons (Fsp3) is 0.462. The minimum absolute atomic E-state index is 0.0997. The van der Waals surface area contributed by atoms with Gasteiger partial charge in [0.1, 0.15) is 0 Å². The van der Waals surface area contributed by atoms with Crippen molar-refractivity contribution >= 4 is 11.6 Å². The molecule has 1 atom stereocenters. The van der Waals surface area contributed by atoms with Crippen molar-refractivity contribution in [1.29, 1.82) is 0 Å². The van der Waals surface area contributed by atoms with Crippen LogP contribution in [0.5, 0.6) is 0 Å². The van der Waals surface area contributed by atoms with E-state index in [1.807, 2.05) is 31.2 Å². The monoisotopic (exact) mass is 220 g/mol. The van der Waals surface area contributed by atoms with Crippen LogP contribution in [0, 0.1) is 6.92 Å². The average molecular weight is 220 g/mol. The number of unbranched alkanes of at least 4 members (excludes halogenated alkanes) is 1. The van der Waals surface area contributed by atoms with Gasteiger partial charge in [0.25, 0.3) is 0 Å². The summed E-state index contributed by atoms with van der Waals surface area (Å²) >= 11 is 0. The van der Waals surface area contributed by atoms with Crippen LogP contribution in [0.1, 0.15) is 31.7 Å². The maximum Gasteiger partial charge on any atom is 0.241 e. The molecular weight excluding hydrogens is 200 g/mol. The van der Waals surface area contributed by atoms with E-state index in [0.29, 0.717) is 0 Å². The normalized spacial score (nSPS) is 12.2. The van der Waals surface area contributed by atoms with Gasteiger partial charge in [0.05, 0.1) is 6.04 Å². The first-order chi connectivity index (χ1) is 7.63. The van der Waals surface area contributed by atoms with Crippen LogP contribution in [-0.4, -0.2) is 11.9 Å². The smallest absolute Gasteiger partial charge is 0.241 e. The van der Waals surface area contributed by atoms with Crippen molar-refractivity contribution in [2.24, 2.45) is 5.73 Å². The van der Waals surface area contributed by atoms with E-state index >= 15 is 0 Å². The van der Waals surface area contributed by atoms with Crippen LogP contribution in [-0.2, 0) is 4.79 Å². The molecule has 0 aromatic heterocycles. The number of anilines is 1. The molecule has 0 bridgehead atoms. The Hall–Kier alpha value is -1.35. The molecule has 3 nitrogen and oxygen atoms in total. The summed E-state index contributed by atoms with van der Waals surface area (Å²) in [7, 11) is 0. The molecular formula is C13H20N2O. The fourth-order valence-corrected chi connectivity index (χ4v) is 1.43. The van der Waals surface area contributed by atoms with Gasteiger partial charge in [0.2, 0.25) is 5.91 Å². The summed E-state index contributed by atoms with van der Waals surface area (Å²) in [5, 5.41) is 2.81. The molecule has 3 N–H and O–H groups in total. The van der Waals surface area contributed by atoms with Crippen molar-refractivity contribution in [3.63, 3.8) is 0 Å². The SMILES string of the molecule is CCCCC(N)C(=O)Nc1ccc(C)cc1. The predicted octanol–water partition coefficient (Wildman–Crippen LogP) is 2.45. The highest BCUT2D eigenvalue weighted by Gasteiger charge is 2.12. The van der Waals surface area contributed by atoms with Gasteiger partial charge in [-0.1, -0.05) is 37.5 Å². The molecule has 1 amide bonds. The molecule has 1 aromatic carbocycles. The summed E-state index contributed by atoms with van der Waals surface area (Å²) in [6, 6.07) is 7.31. The van der Waals surface area contributed by atoms with Gasteiger partial charge in [0, 0.05) is 5.69 Å². The summed E-state index contributed by atoms with van der Waals surface area (Å²) in [6.45, 7) is 4.10. The van der Waals surface area contributed by atoms with E-state index in [-0.39, 0.29) is 5.91 Å². The van der Waals surface area contributed by atoms with Gasteiger partial charge < -0.3 is 11.1 Å². The molecule has 0 aliphatic carbocycles. The summed E-state index contributed by atoms with van der Waals surface area (Å²) in [5.41, 5.74) is 7.75. The summed E-state index contributed by atoms with van der Waals surface area (Å²) in [4.78, 5) is 11.7. The number of nitrogens with one attached hydrogen (secondary N) is 1. The molecule has 88 valence electrons. The molecule has 0 radical (unpaired) electrons. The standard InChI is InChI=1S/C13H20N2O/c1-3-4-5-12(14)13(16)15-11-8-6-10(2)7-9-11/h6-9,12H,3-5,14H2,1-2H3,(H,15,16). The Kier molecular flexibility index (Phi) is 4.99. The Morgan fingerprint density at radius 2 is 2.00 bits per heavy atom. The first-order valence-electron chi connectivity index (χ1n) is 5.76. The van der Waals surface area contributed by atoms with Gasteiger partial charge in [-0.25, -0.2) is 0 Å². The molecule has 0 aliphatic heterocycles. The van der Waals surface area contributed by atoms with Crippen LogP contribution < -0.4 is 11.1 Å². The third-order valence-electron chi connectivity index (χ3n) is 2.52. The number of benzene rings is 1. The van der Waals surface area contributed by atoms with Gasteiger partial charge in [-0.15, -0.1) is 0 Å². The molecule has 1 unspecified atom stereocenters. The minimum Gasteiger partial charge on any atom is -0.325 e. The summed E-state index contributed by atoms with van der Waals surface area (Å²) in [5.74, 6) is -0.0997. The number of hydrogen-bond acceptors (Lipinski definition) is 2. The van der Waals surface area contributed by atoms with Crippen molar-refractivity contribution in [1.82, 2.24) is 0 Å². The van der Waals surface area contributed by atoms with Gasteiger partial charge in [-0.05, 0) is 25.5 Å². The van der Waals surface area contributed by atoms with Crippen molar-refractivity contribution < 1.29 is 4.79 Å². The zero-order valence-corrected chi connectivity index (χ0v) is 9.99. The number of amides is 1. The Labute approximate surface area is 97.0 Å². The van der Waals surface area contributed by atoms with E-state index < -0.39 is 6.04 Å². The summed E-state index contributed by atoms with van der Waals surface area (Å²) < 4.78 is 0. The van der Waals surface area contributed by atoms with E-state index in [9.17, 15) is 4.79 Å². The van der Waals surface area contributed by atoms with E-state index in [1.165, 1.54) is 5.56 Å². The second-order valence-electron chi connectivity index (χ2n) is 4.10. The van der Waals surface area contributed by atoms with Crippen LogP contribution >= 0.6 is 0 Å². The topological polar surface area (TPSA) is 55.1 Å². The first-order valence-corrected chi connectivity index (χ1v) is 5.76. The maximum absolute atomic E-state index is 11.7. The lowest BCUT2D eigenvalue weighted by molar-refractivity contribution is -0.117. The largest absolute Gasteiger partial charge is 0.325 e. The maximum atomic E-state index is 11.7. The van der Waals surface area contributed by atoms with Crippen LogP contribution in [0.2, 0.25) is 0 Å². The molecule has 0 heterocycles. The van der Waals surface area contributed by atoms with E-state index in [1.54, 1.807) is 0 Å². The highest BCUT2D eigenvalue weighted by atomic mass is 16.2. The highest BCUT2D eigenvalue weighted by molar-refractivity contribution is 5.94.